The number of fused-ring (bicyclic) bond motifs is 1. The van der Waals surface area contributed by atoms with Crippen molar-refractivity contribution in [1.82, 2.24) is 9.38 Å². The van der Waals surface area contributed by atoms with E-state index in [1.165, 1.54) is 5.56 Å². The van der Waals surface area contributed by atoms with Crippen LogP contribution in [0.4, 0.5) is 5.82 Å². The molecule has 4 aromatic rings. The third-order valence-electron chi connectivity index (χ3n) is 4.44. The van der Waals surface area contributed by atoms with Crippen LogP contribution in [0.3, 0.4) is 0 Å². The van der Waals surface area contributed by atoms with Crippen molar-refractivity contribution in [3.8, 4) is 17.0 Å². The fourth-order valence-corrected chi connectivity index (χ4v) is 3.08. The van der Waals surface area contributed by atoms with Crippen molar-refractivity contribution in [2.24, 2.45) is 0 Å². The maximum absolute atomic E-state index is 5.27. The summed E-state index contributed by atoms with van der Waals surface area (Å²) in [6, 6.07) is 24.6. The number of pyridine rings is 1. The lowest BCUT2D eigenvalue weighted by molar-refractivity contribution is 0.415. The summed E-state index contributed by atoms with van der Waals surface area (Å²) in [5, 5.41) is 3.58. The molecule has 1 N–H and O–H groups in total. The lowest BCUT2D eigenvalue weighted by atomic mass is 10.1. The molecule has 0 saturated carbocycles. The van der Waals surface area contributed by atoms with Gasteiger partial charge in [-0.3, -0.25) is 4.40 Å². The Balaban J connectivity index is 1.65. The van der Waals surface area contributed by atoms with Crippen LogP contribution < -0.4 is 10.1 Å². The second-order valence-corrected chi connectivity index (χ2v) is 6.13. The number of nitrogens with zero attached hydrogens (tertiary/aromatic N) is 2. The van der Waals surface area contributed by atoms with E-state index in [-0.39, 0.29) is 0 Å². The number of nitrogens with one attached hydrogen (secondary N) is 1. The summed E-state index contributed by atoms with van der Waals surface area (Å²) in [4.78, 5) is 4.82. The minimum atomic E-state index is 0.843. The molecule has 4 heteroatoms. The summed E-state index contributed by atoms with van der Waals surface area (Å²) < 4.78 is 7.37. The van der Waals surface area contributed by atoms with E-state index in [9.17, 15) is 0 Å². The highest BCUT2D eigenvalue weighted by Gasteiger charge is 2.13. The molecule has 0 aliphatic rings. The number of rotatable bonds is 6. The molecule has 0 aliphatic carbocycles. The van der Waals surface area contributed by atoms with Crippen molar-refractivity contribution >= 4 is 11.5 Å². The van der Waals surface area contributed by atoms with E-state index in [4.69, 9.17) is 9.72 Å². The molecule has 2 aromatic carbocycles. The monoisotopic (exact) mass is 343 g/mol. The topological polar surface area (TPSA) is 38.6 Å². The number of methoxy groups -OCH3 is 1. The maximum Gasteiger partial charge on any atom is 0.139 e. The third kappa shape index (κ3) is 3.26. The Morgan fingerprint density at radius 1 is 0.923 bits per heavy atom. The molecule has 130 valence electrons. The largest absolute Gasteiger partial charge is 0.497 e. The van der Waals surface area contributed by atoms with E-state index >= 15 is 0 Å². The Kier molecular flexibility index (Phi) is 4.56. The van der Waals surface area contributed by atoms with E-state index in [0.717, 1.165) is 41.4 Å². The van der Waals surface area contributed by atoms with Gasteiger partial charge in [-0.05, 0) is 48.4 Å². The van der Waals surface area contributed by atoms with Crippen LogP contribution in [0.25, 0.3) is 16.9 Å². The van der Waals surface area contributed by atoms with Gasteiger partial charge in [-0.2, -0.15) is 0 Å². The summed E-state index contributed by atoms with van der Waals surface area (Å²) in [5.41, 5.74) is 4.27. The zero-order valence-electron chi connectivity index (χ0n) is 14.7. The van der Waals surface area contributed by atoms with Gasteiger partial charge in [0.1, 0.15) is 22.9 Å². The maximum atomic E-state index is 5.27. The molecular weight excluding hydrogens is 322 g/mol. The minimum Gasteiger partial charge on any atom is -0.497 e. The zero-order chi connectivity index (χ0) is 17.8. The highest BCUT2D eigenvalue weighted by molar-refractivity contribution is 5.76. The van der Waals surface area contributed by atoms with Gasteiger partial charge in [0.25, 0.3) is 0 Å². The molecule has 0 unspecified atom stereocenters. The first-order valence-electron chi connectivity index (χ1n) is 8.74. The van der Waals surface area contributed by atoms with Crippen LogP contribution in [0.2, 0.25) is 0 Å². The predicted molar refractivity (Wildman–Crippen MR) is 106 cm³/mol. The van der Waals surface area contributed by atoms with E-state index in [2.05, 4.69) is 34.0 Å². The van der Waals surface area contributed by atoms with Gasteiger partial charge < -0.3 is 10.1 Å². The van der Waals surface area contributed by atoms with Crippen LogP contribution >= 0.6 is 0 Å². The van der Waals surface area contributed by atoms with Crippen molar-refractivity contribution < 1.29 is 4.74 Å². The first-order valence-corrected chi connectivity index (χ1v) is 8.74. The van der Waals surface area contributed by atoms with E-state index in [1.54, 1.807) is 7.11 Å². The molecule has 0 spiro atoms. The van der Waals surface area contributed by atoms with Crippen molar-refractivity contribution in [3.05, 3.63) is 84.6 Å². The second-order valence-electron chi connectivity index (χ2n) is 6.13. The Hall–Kier alpha value is -3.27. The summed E-state index contributed by atoms with van der Waals surface area (Å²) in [6.07, 6.45) is 3.00. The van der Waals surface area contributed by atoms with Crippen LogP contribution in [0.5, 0.6) is 5.75 Å². The summed E-state index contributed by atoms with van der Waals surface area (Å²) >= 11 is 0. The van der Waals surface area contributed by atoms with Crippen LogP contribution in [0, 0.1) is 0 Å². The van der Waals surface area contributed by atoms with E-state index < -0.39 is 0 Å². The van der Waals surface area contributed by atoms with Gasteiger partial charge in [0.2, 0.25) is 0 Å². The Bertz CT molecular complexity index is 991. The standard InChI is InChI=1S/C22H21N3O/c1-26-19-12-10-18(11-13-19)21-22(25-16-6-5-9-20(25)24-21)23-15-14-17-7-3-2-4-8-17/h2-13,16,23H,14-15H2,1H3. The molecule has 2 heterocycles. The van der Waals surface area contributed by atoms with Gasteiger partial charge in [0, 0.05) is 18.3 Å². The van der Waals surface area contributed by atoms with E-state index in [1.807, 2.05) is 54.7 Å². The molecule has 0 amide bonds. The number of hydrogen-bond acceptors (Lipinski definition) is 3. The molecule has 0 bridgehead atoms. The van der Waals surface area contributed by atoms with Gasteiger partial charge in [0.15, 0.2) is 0 Å². The highest BCUT2D eigenvalue weighted by Crippen LogP contribution is 2.30. The van der Waals surface area contributed by atoms with E-state index in [0.29, 0.717) is 0 Å². The molecule has 26 heavy (non-hydrogen) atoms. The quantitative estimate of drug-likeness (QED) is 0.553. The summed E-state index contributed by atoms with van der Waals surface area (Å²) in [7, 11) is 1.68. The molecule has 4 rings (SSSR count). The lowest BCUT2D eigenvalue weighted by Gasteiger charge is -2.09. The van der Waals surface area contributed by atoms with Crippen LogP contribution in [-0.4, -0.2) is 23.0 Å². The molecule has 0 aliphatic heterocycles. The number of hydrogen-bond donors (Lipinski definition) is 1. The average Bonchev–Trinajstić information content (AvgIpc) is 3.08. The lowest BCUT2D eigenvalue weighted by Crippen LogP contribution is -2.07. The minimum absolute atomic E-state index is 0.843. The van der Waals surface area contributed by atoms with Crippen LogP contribution in [0.15, 0.2) is 79.0 Å². The molecule has 0 atom stereocenters. The zero-order valence-corrected chi connectivity index (χ0v) is 14.7. The molecular formula is C22H21N3O. The number of ether oxygens (including phenoxy) is 1. The smallest absolute Gasteiger partial charge is 0.139 e. The number of aromatic nitrogens is 2. The Labute approximate surface area is 153 Å². The molecule has 0 saturated heterocycles. The van der Waals surface area contributed by atoms with Crippen molar-refractivity contribution in [2.45, 2.75) is 6.42 Å². The van der Waals surface area contributed by atoms with Crippen molar-refractivity contribution in [1.29, 1.82) is 0 Å². The fourth-order valence-electron chi connectivity index (χ4n) is 3.08. The Morgan fingerprint density at radius 2 is 1.69 bits per heavy atom. The number of anilines is 1. The van der Waals surface area contributed by atoms with Gasteiger partial charge in [-0.25, -0.2) is 4.98 Å². The van der Waals surface area contributed by atoms with Gasteiger partial charge in [-0.15, -0.1) is 0 Å². The number of benzene rings is 2. The number of imidazole rings is 1. The summed E-state index contributed by atoms with van der Waals surface area (Å²) in [5.74, 6) is 1.86. The molecule has 2 aromatic heterocycles. The van der Waals surface area contributed by atoms with Gasteiger partial charge in [0.05, 0.1) is 7.11 Å². The predicted octanol–water partition coefficient (Wildman–Crippen LogP) is 4.66. The molecule has 0 fully saturated rings. The van der Waals surface area contributed by atoms with Crippen LogP contribution in [-0.2, 0) is 6.42 Å². The third-order valence-corrected chi connectivity index (χ3v) is 4.44. The molecule has 4 nitrogen and oxygen atoms in total. The Morgan fingerprint density at radius 3 is 2.46 bits per heavy atom. The first kappa shape index (κ1) is 16.2. The average molecular weight is 343 g/mol. The van der Waals surface area contributed by atoms with Crippen molar-refractivity contribution in [2.75, 3.05) is 19.0 Å². The normalized spacial score (nSPS) is 10.8. The first-order chi connectivity index (χ1) is 12.8. The van der Waals surface area contributed by atoms with Crippen molar-refractivity contribution in [3.63, 3.8) is 0 Å². The highest BCUT2D eigenvalue weighted by atomic mass is 16.5. The second kappa shape index (κ2) is 7.31. The van der Waals surface area contributed by atoms with Gasteiger partial charge >= 0.3 is 0 Å². The summed E-state index contributed by atoms with van der Waals surface area (Å²) in [6.45, 7) is 0.843. The van der Waals surface area contributed by atoms with Crippen LogP contribution in [0.1, 0.15) is 5.56 Å². The fraction of sp³-hybridized carbons (Fsp3) is 0.136. The molecule has 0 radical (unpaired) electrons. The van der Waals surface area contributed by atoms with Gasteiger partial charge in [-0.1, -0.05) is 36.4 Å². The SMILES string of the molecule is COc1ccc(-c2nc3ccccn3c2NCCc2ccccc2)cc1.